The van der Waals surface area contributed by atoms with Crippen LogP contribution in [-0.2, 0) is 22.9 Å². The molecule has 0 unspecified atom stereocenters. The predicted molar refractivity (Wildman–Crippen MR) is 63.0 cm³/mol. The first kappa shape index (κ1) is 14.5. The van der Waals surface area contributed by atoms with Crippen LogP contribution in [0.3, 0.4) is 0 Å². The Kier molecular flexibility index (Phi) is 4.04. The van der Waals surface area contributed by atoms with Crippen LogP contribution >= 0.6 is 0 Å². The molecule has 5 heteroatoms. The normalized spacial score (nSPS) is 12.3. The van der Waals surface area contributed by atoms with Crippen molar-refractivity contribution < 1.29 is 18.0 Å². The fraction of sp³-hybridized carbons (Fsp3) is 0.462. The molecule has 0 radical (unpaired) electrons. The first-order chi connectivity index (χ1) is 8.14. The Bertz CT molecular complexity index is 401. The second kappa shape index (κ2) is 5.00. The predicted octanol–water partition coefficient (Wildman–Crippen LogP) is 3.25. The Morgan fingerprint density at radius 3 is 2.11 bits per heavy atom. The Balaban J connectivity index is 3.24. The molecule has 0 aliphatic rings. The van der Waals surface area contributed by atoms with Crippen molar-refractivity contribution in [3.63, 3.8) is 0 Å². The van der Waals surface area contributed by atoms with Crippen molar-refractivity contribution in [1.29, 1.82) is 0 Å². The molecule has 0 atom stereocenters. The third-order valence-electron chi connectivity index (χ3n) is 2.58. The molecular formula is C13H16F3NO. The van der Waals surface area contributed by atoms with Gasteiger partial charge in [-0.3, -0.25) is 4.79 Å². The van der Waals surface area contributed by atoms with Gasteiger partial charge in [0.15, 0.2) is 0 Å². The summed E-state index contributed by atoms with van der Waals surface area (Å²) in [5.41, 5.74) is -1.35. The van der Waals surface area contributed by atoms with Gasteiger partial charge in [0.2, 0.25) is 6.41 Å². The molecule has 0 heterocycles. The van der Waals surface area contributed by atoms with Crippen LogP contribution in [0.1, 0.15) is 37.5 Å². The fourth-order valence-corrected chi connectivity index (χ4v) is 1.55. The number of amides is 1. The molecule has 0 bridgehead atoms. The van der Waals surface area contributed by atoms with Crippen molar-refractivity contribution in [2.75, 3.05) is 0 Å². The molecule has 0 saturated carbocycles. The third kappa shape index (κ3) is 3.75. The summed E-state index contributed by atoms with van der Waals surface area (Å²) in [6.07, 6.45) is 0.469. The van der Waals surface area contributed by atoms with Gasteiger partial charge in [-0.05, 0) is 37.1 Å². The summed E-state index contributed by atoms with van der Waals surface area (Å²) in [5, 5.41) is 2.37. The van der Waals surface area contributed by atoms with Crippen LogP contribution in [0.2, 0.25) is 0 Å². The van der Waals surface area contributed by atoms with E-state index in [2.05, 4.69) is 5.32 Å². The number of carbonyl (C=O) groups excluding carboxylic acids is 1. The maximum absolute atomic E-state index is 13.9. The Morgan fingerprint density at radius 1 is 1.11 bits per heavy atom. The van der Waals surface area contributed by atoms with Crippen LogP contribution in [0.25, 0.3) is 0 Å². The molecule has 0 aliphatic heterocycles. The van der Waals surface area contributed by atoms with E-state index in [0.29, 0.717) is 12.0 Å². The third-order valence-corrected chi connectivity index (χ3v) is 2.58. The summed E-state index contributed by atoms with van der Waals surface area (Å²) in [6.45, 7) is 3.46. The number of nitrogens with one attached hydrogen (secondary N) is 1. The van der Waals surface area contributed by atoms with E-state index in [-0.39, 0.29) is 17.7 Å². The summed E-state index contributed by atoms with van der Waals surface area (Å²) in [7, 11) is 0. The SMILES string of the molecule is CC(C)(F)c1cc(CNC=O)cc(C(C)(F)F)c1. The molecule has 1 rings (SSSR count). The lowest BCUT2D eigenvalue weighted by Gasteiger charge is -2.20. The molecule has 1 N–H and O–H groups in total. The van der Waals surface area contributed by atoms with Gasteiger partial charge in [0, 0.05) is 19.0 Å². The van der Waals surface area contributed by atoms with Crippen LogP contribution in [0, 0.1) is 0 Å². The molecular weight excluding hydrogens is 243 g/mol. The maximum atomic E-state index is 13.9. The van der Waals surface area contributed by atoms with Gasteiger partial charge in [0.1, 0.15) is 5.67 Å². The number of alkyl halides is 3. The molecule has 18 heavy (non-hydrogen) atoms. The van der Waals surface area contributed by atoms with Crippen LogP contribution in [0.5, 0.6) is 0 Å². The zero-order valence-corrected chi connectivity index (χ0v) is 10.6. The van der Waals surface area contributed by atoms with E-state index >= 15 is 0 Å². The van der Waals surface area contributed by atoms with Crippen molar-refractivity contribution >= 4 is 6.41 Å². The minimum absolute atomic E-state index is 0.0937. The van der Waals surface area contributed by atoms with E-state index in [1.165, 1.54) is 26.0 Å². The molecule has 0 saturated heterocycles. The summed E-state index contributed by atoms with van der Waals surface area (Å²) in [5.74, 6) is -3.04. The van der Waals surface area contributed by atoms with E-state index < -0.39 is 11.6 Å². The van der Waals surface area contributed by atoms with Gasteiger partial charge in [-0.2, -0.15) is 0 Å². The standard InChI is InChI=1S/C13H16F3NO/c1-12(2,14)10-4-9(7-17-8-18)5-11(6-10)13(3,15)16/h4-6,8H,7H2,1-3H3,(H,17,18). The Labute approximate surface area is 104 Å². The van der Waals surface area contributed by atoms with Gasteiger partial charge < -0.3 is 5.32 Å². The highest BCUT2D eigenvalue weighted by molar-refractivity contribution is 5.46. The summed E-state index contributed by atoms with van der Waals surface area (Å²) >= 11 is 0. The Morgan fingerprint density at radius 2 is 1.67 bits per heavy atom. The summed E-state index contributed by atoms with van der Waals surface area (Å²) in [4.78, 5) is 10.2. The fourth-order valence-electron chi connectivity index (χ4n) is 1.55. The van der Waals surface area contributed by atoms with E-state index in [0.717, 1.165) is 13.0 Å². The summed E-state index contributed by atoms with van der Waals surface area (Å²) in [6, 6.07) is 3.90. The molecule has 2 nitrogen and oxygen atoms in total. The molecule has 0 aliphatic carbocycles. The molecule has 1 aromatic carbocycles. The number of rotatable bonds is 5. The molecule has 0 spiro atoms. The minimum atomic E-state index is -3.04. The van der Waals surface area contributed by atoms with Gasteiger partial charge in [0.25, 0.3) is 5.92 Å². The van der Waals surface area contributed by atoms with E-state index in [4.69, 9.17) is 0 Å². The van der Waals surface area contributed by atoms with E-state index in [1.54, 1.807) is 0 Å². The maximum Gasteiger partial charge on any atom is 0.270 e. The van der Waals surface area contributed by atoms with E-state index in [9.17, 15) is 18.0 Å². The molecule has 0 aromatic heterocycles. The topological polar surface area (TPSA) is 29.1 Å². The number of benzene rings is 1. The Hall–Kier alpha value is -1.52. The van der Waals surface area contributed by atoms with Crippen molar-refractivity contribution in [2.24, 2.45) is 0 Å². The monoisotopic (exact) mass is 259 g/mol. The van der Waals surface area contributed by atoms with Crippen LogP contribution < -0.4 is 5.32 Å². The first-order valence-corrected chi connectivity index (χ1v) is 5.53. The van der Waals surface area contributed by atoms with Gasteiger partial charge in [-0.15, -0.1) is 0 Å². The second-order valence-corrected chi connectivity index (χ2v) is 4.78. The lowest BCUT2D eigenvalue weighted by Crippen LogP contribution is -2.16. The molecule has 1 amide bonds. The largest absolute Gasteiger partial charge is 0.355 e. The highest BCUT2D eigenvalue weighted by Gasteiger charge is 2.28. The van der Waals surface area contributed by atoms with Crippen molar-refractivity contribution in [3.05, 3.63) is 34.9 Å². The minimum Gasteiger partial charge on any atom is -0.355 e. The second-order valence-electron chi connectivity index (χ2n) is 4.78. The smallest absolute Gasteiger partial charge is 0.270 e. The highest BCUT2D eigenvalue weighted by Crippen LogP contribution is 2.33. The van der Waals surface area contributed by atoms with Crippen LogP contribution in [0.4, 0.5) is 13.2 Å². The van der Waals surface area contributed by atoms with Crippen molar-refractivity contribution in [3.8, 4) is 0 Å². The van der Waals surface area contributed by atoms with Crippen molar-refractivity contribution in [2.45, 2.75) is 38.9 Å². The number of carbonyl (C=O) groups is 1. The average Bonchev–Trinajstić information content (AvgIpc) is 2.23. The van der Waals surface area contributed by atoms with Crippen molar-refractivity contribution in [1.82, 2.24) is 5.32 Å². The molecule has 0 fully saturated rings. The zero-order valence-electron chi connectivity index (χ0n) is 10.6. The lowest BCUT2D eigenvalue weighted by atomic mass is 9.93. The molecule has 100 valence electrons. The quantitative estimate of drug-likeness (QED) is 0.808. The zero-order chi connectivity index (χ0) is 14.0. The van der Waals surface area contributed by atoms with Crippen LogP contribution in [-0.4, -0.2) is 6.41 Å². The average molecular weight is 259 g/mol. The number of hydrogen-bond donors (Lipinski definition) is 1. The van der Waals surface area contributed by atoms with Gasteiger partial charge in [-0.1, -0.05) is 6.07 Å². The van der Waals surface area contributed by atoms with E-state index in [1.807, 2.05) is 0 Å². The number of hydrogen-bond acceptors (Lipinski definition) is 1. The van der Waals surface area contributed by atoms with Gasteiger partial charge in [-0.25, -0.2) is 13.2 Å². The van der Waals surface area contributed by atoms with Crippen LogP contribution in [0.15, 0.2) is 18.2 Å². The van der Waals surface area contributed by atoms with Gasteiger partial charge in [0.05, 0.1) is 0 Å². The number of halogens is 3. The summed E-state index contributed by atoms with van der Waals surface area (Å²) < 4.78 is 40.5. The first-order valence-electron chi connectivity index (χ1n) is 5.53. The molecule has 1 aromatic rings. The van der Waals surface area contributed by atoms with Gasteiger partial charge >= 0.3 is 0 Å². The lowest BCUT2D eigenvalue weighted by molar-refractivity contribution is -0.109. The highest BCUT2D eigenvalue weighted by atomic mass is 19.3.